The van der Waals surface area contributed by atoms with Crippen LogP contribution in [0.4, 0.5) is 0 Å². The van der Waals surface area contributed by atoms with Crippen molar-refractivity contribution in [1.29, 1.82) is 0 Å². The second kappa shape index (κ2) is 4.63. The van der Waals surface area contributed by atoms with E-state index in [1.165, 1.54) is 0 Å². The Morgan fingerprint density at radius 2 is 1.35 bits per heavy atom. The van der Waals surface area contributed by atoms with Gasteiger partial charge in [0.25, 0.3) is 0 Å². The smallest absolute Gasteiger partial charge is 0.103 e. The second-order valence-electron chi connectivity index (χ2n) is 4.40. The average molecular weight is 227 g/mol. The summed E-state index contributed by atoms with van der Waals surface area (Å²) < 4.78 is 0. The van der Waals surface area contributed by atoms with Gasteiger partial charge in [-0.3, -0.25) is 14.9 Å². The van der Waals surface area contributed by atoms with E-state index < -0.39 is 0 Å². The predicted molar refractivity (Wildman–Crippen MR) is 68.6 cm³/mol. The van der Waals surface area contributed by atoms with Gasteiger partial charge in [-0.15, -0.1) is 0 Å². The van der Waals surface area contributed by atoms with Crippen molar-refractivity contribution in [3.05, 3.63) is 60.2 Å². The zero-order valence-corrected chi connectivity index (χ0v) is 10.5. The molecule has 3 heteroatoms. The SMILES string of the molecule is CN(C)C(C)(c1ccccn1)c1ccccn1. The summed E-state index contributed by atoms with van der Waals surface area (Å²) in [6, 6.07) is 11.9. The van der Waals surface area contributed by atoms with Crippen LogP contribution in [-0.4, -0.2) is 29.0 Å². The Kier molecular flexibility index (Phi) is 3.20. The molecule has 0 bridgehead atoms. The van der Waals surface area contributed by atoms with Crippen molar-refractivity contribution in [1.82, 2.24) is 14.9 Å². The molecule has 0 saturated carbocycles. The van der Waals surface area contributed by atoms with Gasteiger partial charge >= 0.3 is 0 Å². The molecule has 88 valence electrons. The number of hydrogen-bond donors (Lipinski definition) is 0. The Labute approximate surface area is 102 Å². The van der Waals surface area contributed by atoms with E-state index in [1.807, 2.05) is 62.9 Å². The van der Waals surface area contributed by atoms with E-state index in [4.69, 9.17) is 0 Å². The molecular formula is C14H17N3. The molecule has 0 atom stereocenters. The molecule has 0 N–H and O–H groups in total. The van der Waals surface area contributed by atoms with Gasteiger partial charge in [0.1, 0.15) is 5.54 Å². The van der Waals surface area contributed by atoms with Crippen molar-refractivity contribution in [2.75, 3.05) is 14.1 Å². The third-order valence-electron chi connectivity index (χ3n) is 3.22. The molecule has 0 spiro atoms. The topological polar surface area (TPSA) is 29.0 Å². The molecule has 0 amide bonds. The molecular weight excluding hydrogens is 210 g/mol. The van der Waals surface area contributed by atoms with Crippen LogP contribution in [0, 0.1) is 0 Å². The summed E-state index contributed by atoms with van der Waals surface area (Å²) in [7, 11) is 4.09. The fourth-order valence-electron chi connectivity index (χ4n) is 1.89. The van der Waals surface area contributed by atoms with Crippen molar-refractivity contribution in [2.45, 2.75) is 12.5 Å². The van der Waals surface area contributed by atoms with Crippen LogP contribution >= 0.6 is 0 Å². The minimum atomic E-state index is -0.303. The zero-order chi connectivity index (χ0) is 12.3. The lowest BCUT2D eigenvalue weighted by molar-refractivity contribution is 0.211. The van der Waals surface area contributed by atoms with Crippen LogP contribution in [0.1, 0.15) is 18.3 Å². The Balaban J connectivity index is 2.55. The van der Waals surface area contributed by atoms with E-state index in [9.17, 15) is 0 Å². The largest absolute Gasteiger partial charge is 0.294 e. The summed E-state index contributed by atoms with van der Waals surface area (Å²) >= 11 is 0. The van der Waals surface area contributed by atoms with Gasteiger partial charge in [0, 0.05) is 12.4 Å². The molecule has 0 aliphatic heterocycles. The van der Waals surface area contributed by atoms with Crippen molar-refractivity contribution >= 4 is 0 Å². The molecule has 17 heavy (non-hydrogen) atoms. The molecule has 0 fully saturated rings. The second-order valence-corrected chi connectivity index (χ2v) is 4.40. The maximum Gasteiger partial charge on any atom is 0.103 e. The first-order valence-corrected chi connectivity index (χ1v) is 5.66. The molecule has 2 heterocycles. The Bertz CT molecular complexity index is 426. The highest BCUT2D eigenvalue weighted by atomic mass is 15.2. The molecule has 2 rings (SSSR count). The Hall–Kier alpha value is -1.74. The first-order chi connectivity index (χ1) is 8.15. The monoisotopic (exact) mass is 227 g/mol. The van der Waals surface area contributed by atoms with Crippen LogP contribution in [-0.2, 0) is 5.54 Å². The maximum atomic E-state index is 4.47. The summed E-state index contributed by atoms with van der Waals surface area (Å²) in [5, 5.41) is 0. The van der Waals surface area contributed by atoms with Crippen LogP contribution in [0.5, 0.6) is 0 Å². The molecule has 2 aromatic rings. The minimum Gasteiger partial charge on any atom is -0.294 e. The fraction of sp³-hybridized carbons (Fsp3) is 0.286. The van der Waals surface area contributed by atoms with Gasteiger partial charge < -0.3 is 0 Å². The highest BCUT2D eigenvalue weighted by Gasteiger charge is 2.33. The van der Waals surface area contributed by atoms with Crippen LogP contribution < -0.4 is 0 Å². The number of hydrogen-bond acceptors (Lipinski definition) is 3. The lowest BCUT2D eigenvalue weighted by Gasteiger charge is -2.35. The van der Waals surface area contributed by atoms with Crippen LogP contribution in [0.2, 0.25) is 0 Å². The number of nitrogens with zero attached hydrogens (tertiary/aromatic N) is 3. The maximum absolute atomic E-state index is 4.47. The highest BCUT2D eigenvalue weighted by Crippen LogP contribution is 2.30. The van der Waals surface area contributed by atoms with E-state index in [0.717, 1.165) is 11.4 Å². The molecule has 0 unspecified atom stereocenters. The quantitative estimate of drug-likeness (QED) is 0.805. The third-order valence-corrected chi connectivity index (χ3v) is 3.22. The summed E-state index contributed by atoms with van der Waals surface area (Å²) in [6.07, 6.45) is 3.64. The Morgan fingerprint density at radius 3 is 1.65 bits per heavy atom. The van der Waals surface area contributed by atoms with Gasteiger partial charge in [0.15, 0.2) is 0 Å². The minimum absolute atomic E-state index is 0.303. The standard InChI is InChI=1S/C14H17N3/c1-14(17(2)3,12-8-4-6-10-15-12)13-9-5-7-11-16-13/h4-11H,1-3H3. The normalized spacial score (nSPS) is 11.8. The number of aromatic nitrogens is 2. The molecule has 0 aromatic carbocycles. The van der Waals surface area contributed by atoms with Crippen LogP contribution in [0.3, 0.4) is 0 Å². The number of pyridine rings is 2. The Morgan fingerprint density at radius 1 is 0.882 bits per heavy atom. The van der Waals surface area contributed by atoms with E-state index in [-0.39, 0.29) is 5.54 Å². The first-order valence-electron chi connectivity index (χ1n) is 5.66. The van der Waals surface area contributed by atoms with Crippen molar-refractivity contribution < 1.29 is 0 Å². The highest BCUT2D eigenvalue weighted by molar-refractivity contribution is 5.28. The average Bonchev–Trinajstić information content (AvgIpc) is 2.39. The molecule has 0 saturated heterocycles. The van der Waals surface area contributed by atoms with Crippen LogP contribution in [0.25, 0.3) is 0 Å². The first kappa shape index (κ1) is 11.7. The molecule has 0 aliphatic carbocycles. The van der Waals surface area contributed by atoms with Gasteiger partial charge in [0.2, 0.25) is 0 Å². The van der Waals surface area contributed by atoms with Gasteiger partial charge in [-0.05, 0) is 45.3 Å². The number of rotatable bonds is 3. The molecule has 3 nitrogen and oxygen atoms in total. The third kappa shape index (κ3) is 2.06. The zero-order valence-electron chi connectivity index (χ0n) is 10.5. The van der Waals surface area contributed by atoms with Gasteiger partial charge in [-0.1, -0.05) is 12.1 Å². The lowest BCUT2D eigenvalue weighted by atomic mass is 9.91. The fourth-order valence-corrected chi connectivity index (χ4v) is 1.89. The summed E-state index contributed by atoms with van der Waals surface area (Å²) in [6.45, 7) is 2.14. The van der Waals surface area contributed by atoms with Crippen molar-refractivity contribution in [2.24, 2.45) is 0 Å². The van der Waals surface area contributed by atoms with Gasteiger partial charge in [-0.2, -0.15) is 0 Å². The summed E-state index contributed by atoms with van der Waals surface area (Å²) in [4.78, 5) is 11.1. The summed E-state index contributed by atoms with van der Waals surface area (Å²) in [5.74, 6) is 0. The van der Waals surface area contributed by atoms with E-state index in [1.54, 1.807) is 0 Å². The van der Waals surface area contributed by atoms with Gasteiger partial charge in [0.05, 0.1) is 11.4 Å². The lowest BCUT2D eigenvalue weighted by Crippen LogP contribution is -2.41. The molecule has 0 radical (unpaired) electrons. The molecule has 0 aliphatic rings. The molecule has 2 aromatic heterocycles. The van der Waals surface area contributed by atoms with Crippen LogP contribution in [0.15, 0.2) is 48.8 Å². The summed E-state index contributed by atoms with van der Waals surface area (Å²) in [5.41, 5.74) is 1.70. The predicted octanol–water partition coefficient (Wildman–Crippen LogP) is 2.30. The van der Waals surface area contributed by atoms with E-state index >= 15 is 0 Å². The van der Waals surface area contributed by atoms with Crippen molar-refractivity contribution in [3.8, 4) is 0 Å². The van der Waals surface area contributed by atoms with E-state index in [0.29, 0.717) is 0 Å². The van der Waals surface area contributed by atoms with Crippen molar-refractivity contribution in [3.63, 3.8) is 0 Å². The van der Waals surface area contributed by atoms with Gasteiger partial charge in [-0.25, -0.2) is 0 Å². The van der Waals surface area contributed by atoms with E-state index in [2.05, 4.69) is 21.8 Å².